The molecule has 5 heterocycles. The van der Waals surface area contributed by atoms with Crippen LogP contribution in [0.3, 0.4) is 0 Å². The van der Waals surface area contributed by atoms with Crippen LogP contribution in [0.15, 0.2) is 65.9 Å². The lowest BCUT2D eigenvalue weighted by atomic mass is 10.1. The highest BCUT2D eigenvalue weighted by Gasteiger charge is 2.18. The average molecular weight is 524 g/mol. The SMILES string of the molecule is CCCc1cnc(N2C=CC([C@H](C)Oc3nn4cc(-c5ccc(S(C)(=O)=O)nc5)nc4s3)=CC2)nc1. The van der Waals surface area contributed by atoms with Crippen molar-refractivity contribution in [2.24, 2.45) is 0 Å². The van der Waals surface area contributed by atoms with Gasteiger partial charge in [0.15, 0.2) is 14.9 Å². The predicted octanol–water partition coefficient (Wildman–Crippen LogP) is 3.73. The zero-order valence-electron chi connectivity index (χ0n) is 20.1. The van der Waals surface area contributed by atoms with E-state index in [9.17, 15) is 8.42 Å². The fourth-order valence-corrected chi connectivity index (χ4v) is 5.08. The number of aryl methyl sites for hydroxylation is 1. The monoisotopic (exact) mass is 523 g/mol. The van der Waals surface area contributed by atoms with Gasteiger partial charge in [0.25, 0.3) is 5.19 Å². The quantitative estimate of drug-likeness (QED) is 0.341. The molecular formula is C24H25N7O3S2. The second-order valence-corrected chi connectivity index (χ2v) is 11.3. The van der Waals surface area contributed by atoms with Gasteiger partial charge in [-0.1, -0.05) is 19.4 Å². The largest absolute Gasteiger partial charge is 0.461 e. The van der Waals surface area contributed by atoms with Crippen molar-refractivity contribution in [3.63, 3.8) is 0 Å². The molecule has 186 valence electrons. The van der Waals surface area contributed by atoms with Crippen molar-refractivity contribution in [1.29, 1.82) is 0 Å². The molecule has 4 aromatic rings. The van der Waals surface area contributed by atoms with Crippen LogP contribution in [0.25, 0.3) is 16.2 Å². The van der Waals surface area contributed by atoms with Crippen molar-refractivity contribution in [3.05, 3.63) is 66.4 Å². The van der Waals surface area contributed by atoms with E-state index in [1.807, 2.05) is 36.5 Å². The third kappa shape index (κ3) is 5.14. The number of anilines is 1. The van der Waals surface area contributed by atoms with E-state index in [2.05, 4.69) is 38.0 Å². The summed E-state index contributed by atoms with van der Waals surface area (Å²) in [6, 6.07) is 3.16. The second-order valence-electron chi connectivity index (χ2n) is 8.45. The molecule has 0 bridgehead atoms. The fraction of sp³-hybridized carbons (Fsp3) is 0.292. The highest BCUT2D eigenvalue weighted by Crippen LogP contribution is 2.28. The molecule has 5 rings (SSSR count). The van der Waals surface area contributed by atoms with Crippen LogP contribution in [-0.4, -0.2) is 56.9 Å². The van der Waals surface area contributed by atoms with Gasteiger partial charge >= 0.3 is 0 Å². The van der Waals surface area contributed by atoms with E-state index < -0.39 is 9.84 Å². The van der Waals surface area contributed by atoms with Gasteiger partial charge in [0.1, 0.15) is 6.10 Å². The highest BCUT2D eigenvalue weighted by molar-refractivity contribution is 7.90. The Hall–Kier alpha value is -3.64. The molecule has 0 aromatic carbocycles. The molecule has 0 aliphatic carbocycles. The molecule has 0 radical (unpaired) electrons. The Labute approximate surface area is 212 Å². The minimum Gasteiger partial charge on any atom is -0.461 e. The molecule has 4 aromatic heterocycles. The number of rotatable bonds is 8. The maximum absolute atomic E-state index is 11.6. The van der Waals surface area contributed by atoms with Crippen molar-refractivity contribution in [2.45, 2.75) is 37.8 Å². The Morgan fingerprint density at radius 2 is 1.97 bits per heavy atom. The molecule has 36 heavy (non-hydrogen) atoms. The van der Waals surface area contributed by atoms with Crippen molar-refractivity contribution in [1.82, 2.24) is 29.5 Å². The molecule has 1 aliphatic rings. The zero-order valence-corrected chi connectivity index (χ0v) is 21.7. The molecule has 1 aliphatic heterocycles. The fourth-order valence-electron chi connectivity index (χ4n) is 3.71. The van der Waals surface area contributed by atoms with E-state index in [-0.39, 0.29) is 11.1 Å². The Balaban J connectivity index is 1.22. The van der Waals surface area contributed by atoms with E-state index in [4.69, 9.17) is 4.74 Å². The standard InChI is InChI=1S/C24H25N7O3S2/c1-4-5-17-12-26-22(27-13-17)30-10-8-18(9-11-30)16(2)34-24-29-31-15-20(28-23(31)35-24)19-6-7-21(25-14-19)36(3,32)33/h6-10,12-16H,4-5,11H2,1-3H3/t16-/m0/s1. The van der Waals surface area contributed by atoms with Crippen LogP contribution in [0, 0.1) is 0 Å². The molecular weight excluding hydrogens is 498 g/mol. The number of sulfone groups is 1. The Kier molecular flexibility index (Phi) is 6.54. The summed E-state index contributed by atoms with van der Waals surface area (Å²) in [5.74, 6) is 0.674. The first kappa shape index (κ1) is 24.1. The van der Waals surface area contributed by atoms with E-state index in [1.165, 1.54) is 23.6 Å². The predicted molar refractivity (Wildman–Crippen MR) is 138 cm³/mol. The lowest BCUT2D eigenvalue weighted by molar-refractivity contribution is 0.256. The van der Waals surface area contributed by atoms with Crippen LogP contribution < -0.4 is 9.64 Å². The first-order valence-electron chi connectivity index (χ1n) is 11.5. The van der Waals surface area contributed by atoms with Crippen LogP contribution >= 0.6 is 11.3 Å². The van der Waals surface area contributed by atoms with Gasteiger partial charge in [0.05, 0.1) is 11.9 Å². The molecule has 12 heteroatoms. The van der Waals surface area contributed by atoms with Crippen molar-refractivity contribution in [2.75, 3.05) is 17.7 Å². The van der Waals surface area contributed by atoms with Crippen molar-refractivity contribution >= 4 is 32.1 Å². The van der Waals surface area contributed by atoms with Gasteiger partial charge in [-0.2, -0.15) is 0 Å². The lowest BCUT2D eigenvalue weighted by Gasteiger charge is -2.23. The van der Waals surface area contributed by atoms with Crippen LogP contribution in [0.5, 0.6) is 5.19 Å². The first-order valence-corrected chi connectivity index (χ1v) is 14.2. The number of nitrogens with zero attached hydrogens (tertiary/aromatic N) is 7. The summed E-state index contributed by atoms with van der Waals surface area (Å²) < 4.78 is 31.0. The first-order chi connectivity index (χ1) is 17.3. The van der Waals surface area contributed by atoms with E-state index >= 15 is 0 Å². The third-order valence-corrected chi connectivity index (χ3v) is 7.46. The van der Waals surface area contributed by atoms with Crippen molar-refractivity contribution in [3.8, 4) is 16.5 Å². The maximum atomic E-state index is 11.6. The number of aromatic nitrogens is 6. The van der Waals surface area contributed by atoms with E-state index in [0.29, 0.717) is 33.9 Å². The van der Waals surface area contributed by atoms with Gasteiger partial charge < -0.3 is 9.64 Å². The van der Waals surface area contributed by atoms with Gasteiger partial charge in [-0.3, -0.25) is 0 Å². The van der Waals surface area contributed by atoms with Gasteiger partial charge in [-0.25, -0.2) is 32.9 Å². The number of fused-ring (bicyclic) bond motifs is 1. The number of imidazole rings is 1. The average Bonchev–Trinajstić information content (AvgIpc) is 3.43. The van der Waals surface area contributed by atoms with Crippen LogP contribution in [0.2, 0.25) is 0 Å². The van der Waals surface area contributed by atoms with Gasteiger partial charge in [0, 0.05) is 43.2 Å². The molecule has 0 spiro atoms. The minimum absolute atomic E-state index is 0.0293. The molecule has 0 N–H and O–H groups in total. The molecule has 1 atom stereocenters. The summed E-state index contributed by atoms with van der Waals surface area (Å²) in [6.07, 6.45) is 16.1. The summed E-state index contributed by atoms with van der Waals surface area (Å²) in [6.45, 7) is 4.77. The smallest absolute Gasteiger partial charge is 0.294 e. The normalized spacial score (nSPS) is 14.8. The van der Waals surface area contributed by atoms with E-state index in [1.54, 1.807) is 16.8 Å². The molecule has 0 unspecified atom stereocenters. The lowest BCUT2D eigenvalue weighted by Crippen LogP contribution is -2.24. The van der Waals surface area contributed by atoms with Crippen LogP contribution in [-0.2, 0) is 16.3 Å². The molecule has 0 amide bonds. The van der Waals surface area contributed by atoms with Gasteiger partial charge in [-0.15, -0.1) is 5.10 Å². The van der Waals surface area contributed by atoms with E-state index in [0.717, 1.165) is 30.2 Å². The topological polar surface area (TPSA) is 115 Å². The number of pyridine rings is 1. The summed E-state index contributed by atoms with van der Waals surface area (Å²) in [7, 11) is -3.34. The third-order valence-electron chi connectivity index (χ3n) is 5.64. The summed E-state index contributed by atoms with van der Waals surface area (Å²) in [4.78, 5) is 20.2. The second kappa shape index (κ2) is 9.78. The highest BCUT2D eigenvalue weighted by atomic mass is 32.2. The number of hydrogen-bond donors (Lipinski definition) is 0. The molecule has 0 saturated heterocycles. The van der Waals surface area contributed by atoms with Gasteiger partial charge in [0.2, 0.25) is 10.9 Å². The molecule has 10 nitrogen and oxygen atoms in total. The summed E-state index contributed by atoms with van der Waals surface area (Å²) in [5, 5.41) is 5.03. The zero-order chi connectivity index (χ0) is 25.3. The number of hydrogen-bond acceptors (Lipinski definition) is 10. The maximum Gasteiger partial charge on any atom is 0.294 e. The Bertz CT molecular complexity index is 1510. The Morgan fingerprint density at radius 1 is 1.17 bits per heavy atom. The minimum atomic E-state index is -3.34. The molecule has 0 fully saturated rings. The van der Waals surface area contributed by atoms with Crippen molar-refractivity contribution < 1.29 is 13.2 Å². The molecule has 0 saturated carbocycles. The number of ether oxygens (including phenoxy) is 1. The summed E-state index contributed by atoms with van der Waals surface area (Å²) in [5.41, 5.74) is 3.55. The van der Waals surface area contributed by atoms with Crippen LogP contribution in [0.4, 0.5) is 5.95 Å². The van der Waals surface area contributed by atoms with Gasteiger partial charge in [-0.05, 0) is 54.0 Å². The summed E-state index contributed by atoms with van der Waals surface area (Å²) >= 11 is 1.34. The van der Waals surface area contributed by atoms with Crippen LogP contribution in [0.1, 0.15) is 25.8 Å². The Morgan fingerprint density at radius 3 is 2.58 bits per heavy atom.